The van der Waals surface area contributed by atoms with Crippen molar-refractivity contribution >= 4 is 5.91 Å². The summed E-state index contributed by atoms with van der Waals surface area (Å²) >= 11 is 0. The second-order valence-corrected chi connectivity index (χ2v) is 6.03. The maximum absolute atomic E-state index is 13.0. The molecule has 0 radical (unpaired) electrons. The molecule has 5 heteroatoms. The lowest BCUT2D eigenvalue weighted by Crippen LogP contribution is -2.48. The number of hydrogen-bond acceptors (Lipinski definition) is 4. The molecule has 1 aliphatic rings. The van der Waals surface area contributed by atoms with Crippen LogP contribution in [-0.4, -0.2) is 37.6 Å². The van der Waals surface area contributed by atoms with Crippen LogP contribution in [-0.2, 0) is 6.42 Å². The Kier molecular flexibility index (Phi) is 4.90. The van der Waals surface area contributed by atoms with Crippen molar-refractivity contribution in [1.82, 2.24) is 10.2 Å². The van der Waals surface area contributed by atoms with Gasteiger partial charge in [0.1, 0.15) is 11.5 Å². The Balaban J connectivity index is 1.93. The molecule has 1 aromatic heterocycles. The molecule has 2 heterocycles. The summed E-state index contributed by atoms with van der Waals surface area (Å²) in [5.41, 5.74) is 2.05. The predicted molar refractivity (Wildman–Crippen MR) is 92.5 cm³/mol. The first-order valence-electron chi connectivity index (χ1n) is 8.39. The lowest BCUT2D eigenvalue weighted by molar-refractivity contribution is 0.0597. The summed E-state index contributed by atoms with van der Waals surface area (Å²) in [7, 11) is 1.66. The zero-order valence-electron chi connectivity index (χ0n) is 14.5. The maximum Gasteiger partial charge on any atom is 0.290 e. The topological polar surface area (TPSA) is 54.7 Å². The van der Waals surface area contributed by atoms with Crippen LogP contribution < -0.4 is 10.1 Å². The first-order chi connectivity index (χ1) is 11.7. The number of benzene rings is 1. The summed E-state index contributed by atoms with van der Waals surface area (Å²) in [6.07, 6.45) is 0.788. The van der Waals surface area contributed by atoms with Crippen LogP contribution in [0.1, 0.15) is 40.4 Å². The van der Waals surface area contributed by atoms with Gasteiger partial charge in [0.2, 0.25) is 0 Å². The molecule has 0 bridgehead atoms. The van der Waals surface area contributed by atoms with Gasteiger partial charge >= 0.3 is 0 Å². The van der Waals surface area contributed by atoms with Crippen molar-refractivity contribution in [3.05, 3.63) is 53.0 Å². The third kappa shape index (κ3) is 3.04. The highest BCUT2D eigenvalue weighted by Gasteiger charge is 2.32. The molecular weight excluding hydrogens is 304 g/mol. The van der Waals surface area contributed by atoms with Crippen LogP contribution in [0, 0.1) is 6.92 Å². The lowest BCUT2D eigenvalue weighted by atomic mass is 10.0. The highest BCUT2D eigenvalue weighted by Crippen LogP contribution is 2.31. The fraction of sp³-hybridized carbons (Fsp3) is 0.421. The Morgan fingerprint density at radius 1 is 1.42 bits per heavy atom. The van der Waals surface area contributed by atoms with Crippen molar-refractivity contribution < 1.29 is 13.9 Å². The van der Waals surface area contributed by atoms with Gasteiger partial charge in [-0.15, -0.1) is 0 Å². The van der Waals surface area contributed by atoms with Crippen LogP contribution in [0.5, 0.6) is 5.75 Å². The summed E-state index contributed by atoms with van der Waals surface area (Å²) < 4.78 is 11.3. The predicted octanol–water partition coefficient (Wildman–Crippen LogP) is 2.95. The third-order valence-electron chi connectivity index (χ3n) is 4.55. The van der Waals surface area contributed by atoms with Crippen molar-refractivity contribution in [2.75, 3.05) is 26.7 Å². The number of furan rings is 1. The van der Waals surface area contributed by atoms with Gasteiger partial charge in [0.05, 0.1) is 13.2 Å². The molecule has 128 valence electrons. The molecule has 2 aromatic rings. The number of ether oxygens (including phenoxy) is 1. The Hall–Kier alpha value is -2.27. The highest BCUT2D eigenvalue weighted by molar-refractivity contribution is 5.92. The van der Waals surface area contributed by atoms with Crippen molar-refractivity contribution in [2.24, 2.45) is 0 Å². The summed E-state index contributed by atoms with van der Waals surface area (Å²) in [5.74, 6) is 2.04. The van der Waals surface area contributed by atoms with Gasteiger partial charge in [0.15, 0.2) is 5.76 Å². The van der Waals surface area contributed by atoms with E-state index in [1.165, 1.54) is 0 Å². The first kappa shape index (κ1) is 16.6. The van der Waals surface area contributed by atoms with Crippen molar-refractivity contribution in [3.8, 4) is 5.75 Å². The monoisotopic (exact) mass is 328 g/mol. The molecule has 24 heavy (non-hydrogen) atoms. The number of hydrogen-bond donors (Lipinski definition) is 1. The molecule has 1 unspecified atom stereocenters. The van der Waals surface area contributed by atoms with Crippen molar-refractivity contribution in [2.45, 2.75) is 26.3 Å². The van der Waals surface area contributed by atoms with E-state index >= 15 is 0 Å². The van der Waals surface area contributed by atoms with E-state index in [1.807, 2.05) is 49.1 Å². The number of aryl methyl sites for hydroxylation is 2. The molecule has 5 nitrogen and oxygen atoms in total. The zero-order chi connectivity index (χ0) is 17.1. The van der Waals surface area contributed by atoms with E-state index in [-0.39, 0.29) is 11.9 Å². The molecule has 1 saturated heterocycles. The van der Waals surface area contributed by atoms with E-state index in [1.54, 1.807) is 7.11 Å². The molecule has 0 spiro atoms. The average Bonchev–Trinajstić information content (AvgIpc) is 3.02. The number of nitrogens with zero attached hydrogens (tertiary/aromatic N) is 1. The molecule has 1 aliphatic heterocycles. The molecule has 1 amide bonds. The minimum Gasteiger partial charge on any atom is -0.496 e. The Morgan fingerprint density at radius 3 is 2.92 bits per heavy atom. The Labute approximate surface area is 142 Å². The maximum atomic E-state index is 13.0. The fourth-order valence-electron chi connectivity index (χ4n) is 3.28. The second kappa shape index (κ2) is 7.09. The van der Waals surface area contributed by atoms with E-state index in [9.17, 15) is 4.79 Å². The van der Waals surface area contributed by atoms with Gasteiger partial charge < -0.3 is 19.4 Å². The number of methoxy groups -OCH3 is 1. The average molecular weight is 328 g/mol. The molecule has 3 rings (SSSR count). The highest BCUT2D eigenvalue weighted by atomic mass is 16.5. The third-order valence-corrected chi connectivity index (χ3v) is 4.55. The van der Waals surface area contributed by atoms with Crippen LogP contribution in [0.15, 0.2) is 34.7 Å². The van der Waals surface area contributed by atoms with Gasteiger partial charge in [-0.3, -0.25) is 4.79 Å². The number of rotatable bonds is 4. The minimum absolute atomic E-state index is 0.0600. The molecule has 0 saturated carbocycles. The molecule has 1 fully saturated rings. The molecule has 1 aromatic carbocycles. The van der Waals surface area contributed by atoms with Gasteiger partial charge in [-0.2, -0.15) is 0 Å². The first-order valence-corrected chi connectivity index (χ1v) is 8.39. The van der Waals surface area contributed by atoms with Crippen LogP contribution in [0.2, 0.25) is 0 Å². The number of carbonyl (C=O) groups is 1. The Morgan fingerprint density at radius 2 is 2.21 bits per heavy atom. The number of amides is 1. The quantitative estimate of drug-likeness (QED) is 0.937. The van der Waals surface area contributed by atoms with Gasteiger partial charge in [-0.05, 0) is 24.6 Å². The van der Waals surface area contributed by atoms with Gasteiger partial charge in [-0.1, -0.05) is 25.1 Å². The SMILES string of the molecule is CCc1oc(C(=O)N2CCNCC2c2ccccc2OC)cc1C. The van der Waals surface area contributed by atoms with E-state index in [4.69, 9.17) is 9.15 Å². The molecule has 1 atom stereocenters. The van der Waals surface area contributed by atoms with Crippen LogP contribution >= 0.6 is 0 Å². The zero-order valence-corrected chi connectivity index (χ0v) is 14.5. The van der Waals surface area contributed by atoms with E-state index in [0.29, 0.717) is 18.8 Å². The van der Waals surface area contributed by atoms with Gasteiger partial charge in [-0.25, -0.2) is 0 Å². The standard InChI is InChI=1S/C19H24N2O3/c1-4-16-13(2)11-18(24-16)19(22)21-10-9-20-12-15(21)14-7-5-6-8-17(14)23-3/h5-8,11,15,20H,4,9-10,12H2,1-3H3. The fourth-order valence-corrected chi connectivity index (χ4v) is 3.28. The minimum atomic E-state index is -0.0714. The summed E-state index contributed by atoms with van der Waals surface area (Å²) in [5, 5.41) is 3.37. The van der Waals surface area contributed by atoms with Crippen LogP contribution in [0.3, 0.4) is 0 Å². The van der Waals surface area contributed by atoms with Crippen molar-refractivity contribution in [3.63, 3.8) is 0 Å². The Bertz CT molecular complexity index is 723. The molecule has 1 N–H and O–H groups in total. The van der Waals surface area contributed by atoms with Crippen molar-refractivity contribution in [1.29, 1.82) is 0 Å². The summed E-state index contributed by atoms with van der Waals surface area (Å²) in [6.45, 7) is 6.13. The smallest absolute Gasteiger partial charge is 0.290 e. The number of carbonyl (C=O) groups excluding carboxylic acids is 1. The summed E-state index contributed by atoms with van der Waals surface area (Å²) in [6, 6.07) is 9.64. The lowest BCUT2D eigenvalue weighted by Gasteiger charge is -2.36. The number of nitrogens with one attached hydrogen (secondary N) is 1. The molecular formula is C19H24N2O3. The number of para-hydroxylation sites is 1. The molecule has 0 aliphatic carbocycles. The van der Waals surface area contributed by atoms with E-state index in [0.717, 1.165) is 35.6 Å². The summed E-state index contributed by atoms with van der Waals surface area (Å²) in [4.78, 5) is 14.9. The van der Waals surface area contributed by atoms with Gasteiger partial charge in [0, 0.05) is 31.6 Å². The van der Waals surface area contributed by atoms with Crippen LogP contribution in [0.25, 0.3) is 0 Å². The van der Waals surface area contributed by atoms with E-state index < -0.39 is 0 Å². The van der Waals surface area contributed by atoms with E-state index in [2.05, 4.69) is 5.32 Å². The second-order valence-electron chi connectivity index (χ2n) is 6.03. The largest absolute Gasteiger partial charge is 0.496 e. The van der Waals surface area contributed by atoms with Crippen LogP contribution in [0.4, 0.5) is 0 Å². The normalized spacial score (nSPS) is 17.8. The van der Waals surface area contributed by atoms with Gasteiger partial charge in [0.25, 0.3) is 5.91 Å². The number of piperazine rings is 1.